The lowest BCUT2D eigenvalue weighted by atomic mass is 10.0. The molecule has 4 rings (SSSR count). The molecular formula is C27H24N4O7. The fourth-order valence-electron chi connectivity index (χ4n) is 3.91. The minimum absolute atomic E-state index is 0.108. The maximum Gasteiger partial charge on any atom is 0.337 e. The lowest BCUT2D eigenvalue weighted by Crippen LogP contribution is -2.14. The van der Waals surface area contributed by atoms with Crippen molar-refractivity contribution in [2.24, 2.45) is 5.73 Å². The second kappa shape index (κ2) is 10.8. The summed E-state index contributed by atoms with van der Waals surface area (Å²) in [6.07, 6.45) is 1.35. The number of fused-ring (bicyclic) bond motifs is 1. The van der Waals surface area contributed by atoms with Gasteiger partial charge in [0, 0.05) is 28.9 Å². The zero-order chi connectivity index (χ0) is 27.4. The van der Waals surface area contributed by atoms with E-state index in [9.17, 15) is 14.4 Å². The number of nitrogens with one attached hydrogen (secondary N) is 1. The van der Waals surface area contributed by atoms with E-state index in [1.54, 1.807) is 12.1 Å². The maximum atomic E-state index is 12.3. The highest BCUT2D eigenvalue weighted by molar-refractivity contribution is 6.08. The van der Waals surface area contributed by atoms with Crippen LogP contribution < -0.4 is 20.5 Å². The van der Waals surface area contributed by atoms with Gasteiger partial charge in [-0.05, 0) is 35.9 Å². The van der Waals surface area contributed by atoms with Crippen molar-refractivity contribution >= 4 is 40.1 Å². The normalized spacial score (nSPS) is 10.5. The van der Waals surface area contributed by atoms with Gasteiger partial charge in [0.25, 0.3) is 5.91 Å². The molecule has 0 atom stereocenters. The minimum Gasteiger partial charge on any atom is -0.481 e. The van der Waals surface area contributed by atoms with Gasteiger partial charge < -0.3 is 30.0 Å². The van der Waals surface area contributed by atoms with Crippen molar-refractivity contribution in [3.05, 3.63) is 71.4 Å². The lowest BCUT2D eigenvalue weighted by Gasteiger charge is -2.16. The van der Waals surface area contributed by atoms with Gasteiger partial charge in [-0.15, -0.1) is 0 Å². The van der Waals surface area contributed by atoms with Crippen LogP contribution in [-0.4, -0.2) is 56.3 Å². The fraction of sp³-hybridized carbons (Fsp3) is 0.148. The molecule has 2 aromatic heterocycles. The van der Waals surface area contributed by atoms with E-state index in [2.05, 4.69) is 15.3 Å². The summed E-state index contributed by atoms with van der Waals surface area (Å²) in [5, 5.41) is 3.69. The number of primary amides is 1. The van der Waals surface area contributed by atoms with E-state index in [4.69, 9.17) is 24.7 Å². The smallest absolute Gasteiger partial charge is 0.337 e. The Morgan fingerprint density at radius 1 is 0.842 bits per heavy atom. The quantitative estimate of drug-likeness (QED) is 0.331. The number of rotatable bonds is 8. The van der Waals surface area contributed by atoms with Crippen molar-refractivity contribution in [3.63, 3.8) is 0 Å². The second-order valence-corrected chi connectivity index (χ2v) is 7.96. The van der Waals surface area contributed by atoms with Gasteiger partial charge in [-0.3, -0.25) is 9.78 Å². The van der Waals surface area contributed by atoms with Crippen LogP contribution in [0.2, 0.25) is 0 Å². The molecule has 11 heteroatoms. The first-order chi connectivity index (χ1) is 18.3. The fourth-order valence-corrected chi connectivity index (χ4v) is 3.91. The number of carbonyl (C=O) groups is 3. The average Bonchev–Trinajstić information content (AvgIpc) is 2.95. The molecule has 11 nitrogen and oxygen atoms in total. The van der Waals surface area contributed by atoms with Crippen molar-refractivity contribution in [2.45, 2.75) is 0 Å². The topological polar surface area (TPSA) is 152 Å². The summed E-state index contributed by atoms with van der Waals surface area (Å²) in [5.41, 5.74) is 8.63. The first-order valence-corrected chi connectivity index (χ1v) is 11.2. The van der Waals surface area contributed by atoms with Crippen LogP contribution in [-0.2, 0) is 9.47 Å². The van der Waals surface area contributed by atoms with Crippen molar-refractivity contribution in [2.75, 3.05) is 33.8 Å². The highest BCUT2D eigenvalue weighted by Crippen LogP contribution is 2.35. The summed E-state index contributed by atoms with van der Waals surface area (Å²) in [6, 6.07) is 13.2. The summed E-state index contributed by atoms with van der Waals surface area (Å²) in [4.78, 5) is 45.5. The summed E-state index contributed by atoms with van der Waals surface area (Å²) in [6.45, 7) is 0. The molecule has 0 aliphatic rings. The Labute approximate surface area is 217 Å². The van der Waals surface area contributed by atoms with Crippen LogP contribution in [0, 0.1) is 0 Å². The van der Waals surface area contributed by atoms with Crippen LogP contribution in [0.4, 0.5) is 11.4 Å². The van der Waals surface area contributed by atoms with Crippen molar-refractivity contribution < 1.29 is 33.3 Å². The molecule has 194 valence electrons. The number of carbonyl (C=O) groups excluding carboxylic acids is 3. The van der Waals surface area contributed by atoms with Gasteiger partial charge >= 0.3 is 11.9 Å². The molecule has 0 aliphatic heterocycles. The largest absolute Gasteiger partial charge is 0.481 e. The van der Waals surface area contributed by atoms with Gasteiger partial charge in [0.1, 0.15) is 0 Å². The molecule has 0 radical (unpaired) electrons. The van der Waals surface area contributed by atoms with Crippen molar-refractivity contribution in [1.82, 2.24) is 9.97 Å². The Bertz CT molecular complexity index is 1530. The number of aromatic nitrogens is 2. The van der Waals surface area contributed by atoms with E-state index in [0.717, 1.165) is 5.56 Å². The monoisotopic (exact) mass is 516 g/mol. The highest BCUT2D eigenvalue weighted by Gasteiger charge is 2.19. The van der Waals surface area contributed by atoms with E-state index in [0.29, 0.717) is 39.6 Å². The van der Waals surface area contributed by atoms with Gasteiger partial charge in [-0.25, -0.2) is 9.59 Å². The number of benzene rings is 2. The standard InChI is InChI=1S/C27H24N4O7/c1-35-22-8-7-18(25(31-22)36-2)14-5-6-19-21(12-14)29-13-20(24(28)32)23(19)30-17-10-15(26(33)37-3)9-16(11-17)27(34)38-4/h5-13H,1-4H3,(H2,28,32)(H,29,30). The van der Waals surface area contributed by atoms with Gasteiger partial charge in [0.2, 0.25) is 11.8 Å². The van der Waals surface area contributed by atoms with E-state index in [1.165, 1.54) is 52.8 Å². The first kappa shape index (κ1) is 25.9. The summed E-state index contributed by atoms with van der Waals surface area (Å²) in [7, 11) is 5.48. The van der Waals surface area contributed by atoms with Crippen LogP contribution in [0.15, 0.2) is 54.7 Å². The Morgan fingerprint density at radius 3 is 2.11 bits per heavy atom. The maximum absolute atomic E-state index is 12.3. The van der Waals surface area contributed by atoms with Crippen LogP contribution >= 0.6 is 0 Å². The van der Waals surface area contributed by atoms with Crippen LogP contribution in [0.5, 0.6) is 11.8 Å². The summed E-state index contributed by atoms with van der Waals surface area (Å²) in [5.74, 6) is -1.25. The van der Waals surface area contributed by atoms with Crippen molar-refractivity contribution in [3.8, 4) is 22.9 Å². The summed E-state index contributed by atoms with van der Waals surface area (Å²) >= 11 is 0. The molecule has 3 N–H and O–H groups in total. The lowest BCUT2D eigenvalue weighted by molar-refractivity contribution is 0.0599. The minimum atomic E-state index is -0.718. The molecule has 0 bridgehead atoms. The zero-order valence-corrected chi connectivity index (χ0v) is 21.0. The number of nitrogens with zero attached hydrogens (tertiary/aromatic N) is 2. The molecule has 0 fully saturated rings. The predicted molar refractivity (Wildman–Crippen MR) is 139 cm³/mol. The molecule has 0 saturated carbocycles. The van der Waals surface area contributed by atoms with Gasteiger partial charge in [0.05, 0.1) is 56.3 Å². The van der Waals surface area contributed by atoms with Crippen molar-refractivity contribution in [1.29, 1.82) is 0 Å². The first-order valence-electron chi connectivity index (χ1n) is 11.2. The van der Waals surface area contributed by atoms with E-state index in [1.807, 2.05) is 18.2 Å². The zero-order valence-electron chi connectivity index (χ0n) is 21.0. The molecule has 0 aliphatic carbocycles. The summed E-state index contributed by atoms with van der Waals surface area (Å²) < 4.78 is 20.2. The number of esters is 2. The predicted octanol–water partition coefficient (Wildman–Crippen LogP) is 3.73. The third-order valence-electron chi connectivity index (χ3n) is 5.73. The molecule has 38 heavy (non-hydrogen) atoms. The molecule has 0 unspecified atom stereocenters. The molecular weight excluding hydrogens is 492 g/mol. The van der Waals surface area contributed by atoms with E-state index >= 15 is 0 Å². The molecule has 2 heterocycles. The number of hydrogen-bond donors (Lipinski definition) is 2. The average molecular weight is 517 g/mol. The Hall–Kier alpha value is -5.19. The number of ether oxygens (including phenoxy) is 4. The Balaban J connectivity index is 1.86. The van der Waals surface area contributed by atoms with E-state index < -0.39 is 17.8 Å². The highest BCUT2D eigenvalue weighted by atomic mass is 16.5. The Kier molecular flexibility index (Phi) is 7.38. The molecule has 0 spiro atoms. The van der Waals surface area contributed by atoms with Crippen LogP contribution in [0.3, 0.4) is 0 Å². The van der Waals surface area contributed by atoms with Gasteiger partial charge in [-0.2, -0.15) is 4.98 Å². The van der Waals surface area contributed by atoms with Gasteiger partial charge in [-0.1, -0.05) is 12.1 Å². The molecule has 0 saturated heterocycles. The third kappa shape index (κ3) is 5.03. The van der Waals surface area contributed by atoms with E-state index in [-0.39, 0.29) is 16.7 Å². The number of hydrogen-bond acceptors (Lipinski definition) is 10. The number of amides is 1. The molecule has 1 amide bonds. The number of anilines is 2. The van der Waals surface area contributed by atoms with Crippen LogP contribution in [0.1, 0.15) is 31.1 Å². The third-order valence-corrected chi connectivity index (χ3v) is 5.73. The second-order valence-electron chi connectivity index (χ2n) is 7.96. The Morgan fingerprint density at radius 2 is 1.53 bits per heavy atom. The van der Waals surface area contributed by atoms with Crippen LogP contribution in [0.25, 0.3) is 22.0 Å². The molecule has 4 aromatic rings. The number of pyridine rings is 2. The SMILES string of the molecule is COC(=O)c1cc(Nc2c(C(N)=O)cnc3cc(-c4ccc(OC)nc4OC)ccc23)cc(C(=O)OC)c1. The van der Waals surface area contributed by atoms with Gasteiger partial charge in [0.15, 0.2) is 0 Å². The number of methoxy groups -OCH3 is 4. The number of nitrogens with two attached hydrogens (primary N) is 1. The molecule has 2 aromatic carbocycles.